The van der Waals surface area contributed by atoms with Gasteiger partial charge in [-0.1, -0.05) is 74.4 Å². The molecule has 1 aliphatic rings. The first-order valence-corrected chi connectivity index (χ1v) is 12.5. The van der Waals surface area contributed by atoms with E-state index >= 15 is 0 Å². The maximum atomic E-state index is 12.2. The van der Waals surface area contributed by atoms with Crippen LogP contribution in [0, 0.1) is 5.41 Å². The molecule has 0 saturated heterocycles. The van der Waals surface area contributed by atoms with E-state index in [1.54, 1.807) is 24.3 Å². The number of esters is 2. The summed E-state index contributed by atoms with van der Waals surface area (Å²) in [6.07, 6.45) is 16.6. The summed E-state index contributed by atoms with van der Waals surface area (Å²) < 4.78 is 10.6. The van der Waals surface area contributed by atoms with E-state index in [1.807, 2.05) is 32.1 Å². The first kappa shape index (κ1) is 28.1. The minimum atomic E-state index is -0.434. The molecule has 4 nitrogen and oxygen atoms in total. The van der Waals surface area contributed by atoms with Crippen molar-refractivity contribution in [3.05, 3.63) is 88.6 Å². The minimum absolute atomic E-state index is 0.210. The van der Waals surface area contributed by atoms with Crippen LogP contribution in [0.2, 0.25) is 0 Å². The second-order valence-corrected chi connectivity index (χ2v) is 9.90. The molecule has 1 aliphatic carbocycles. The number of rotatable bonds is 10. The van der Waals surface area contributed by atoms with E-state index in [9.17, 15) is 9.59 Å². The molecular weight excluding hydrogens is 436 g/mol. The van der Waals surface area contributed by atoms with E-state index in [0.717, 1.165) is 23.1 Å². The van der Waals surface area contributed by atoms with Crippen LogP contribution in [0.4, 0.5) is 0 Å². The number of hydrogen-bond acceptors (Lipinski definition) is 4. The Hall–Kier alpha value is -3.14. The Morgan fingerprint density at radius 2 is 1.77 bits per heavy atom. The molecule has 0 saturated carbocycles. The molecule has 1 aromatic carbocycles. The molecule has 0 aromatic heterocycles. The summed E-state index contributed by atoms with van der Waals surface area (Å²) in [6.45, 7) is 13.0. The van der Waals surface area contributed by atoms with Crippen molar-refractivity contribution >= 4 is 11.9 Å². The minimum Gasteiger partial charge on any atom is -0.461 e. The first-order chi connectivity index (χ1) is 16.6. The highest BCUT2D eigenvalue weighted by atomic mass is 16.5. The maximum absolute atomic E-state index is 12.2. The molecule has 188 valence electrons. The van der Waals surface area contributed by atoms with Gasteiger partial charge in [0, 0.05) is 12.5 Å². The van der Waals surface area contributed by atoms with Crippen LogP contribution in [0.1, 0.15) is 79.2 Å². The fraction of sp³-hybridized carbons (Fsp3) is 0.419. The smallest absolute Gasteiger partial charge is 0.336 e. The lowest BCUT2D eigenvalue weighted by Gasteiger charge is -2.32. The first-order valence-electron chi connectivity index (χ1n) is 12.5. The van der Waals surface area contributed by atoms with Gasteiger partial charge in [0.25, 0.3) is 0 Å². The molecule has 0 spiro atoms. The molecule has 0 fully saturated rings. The van der Waals surface area contributed by atoms with Crippen LogP contribution in [-0.2, 0) is 20.9 Å². The van der Waals surface area contributed by atoms with Gasteiger partial charge in [-0.3, -0.25) is 4.79 Å². The molecule has 2 rings (SSSR count). The van der Waals surface area contributed by atoms with Gasteiger partial charge in [0.1, 0.15) is 12.4 Å². The number of ether oxygens (including phenoxy) is 2. The lowest BCUT2D eigenvalue weighted by molar-refractivity contribution is -0.145. The summed E-state index contributed by atoms with van der Waals surface area (Å²) in [5.41, 5.74) is 5.97. The lowest BCUT2D eigenvalue weighted by atomic mass is 9.72. The van der Waals surface area contributed by atoms with Crippen LogP contribution in [0.5, 0.6) is 5.75 Å². The second-order valence-electron chi connectivity index (χ2n) is 9.90. The van der Waals surface area contributed by atoms with Crippen molar-refractivity contribution in [1.82, 2.24) is 0 Å². The Kier molecular flexibility index (Phi) is 11.0. The van der Waals surface area contributed by atoms with Crippen LogP contribution in [0.25, 0.3) is 0 Å². The van der Waals surface area contributed by atoms with Gasteiger partial charge in [0.2, 0.25) is 0 Å². The molecule has 4 heteroatoms. The molecule has 0 heterocycles. The largest absolute Gasteiger partial charge is 0.461 e. The van der Waals surface area contributed by atoms with E-state index < -0.39 is 5.97 Å². The molecule has 1 aromatic rings. The van der Waals surface area contributed by atoms with Crippen molar-refractivity contribution in [2.75, 3.05) is 0 Å². The Morgan fingerprint density at radius 1 is 1.06 bits per heavy atom. The fourth-order valence-corrected chi connectivity index (χ4v) is 4.11. The van der Waals surface area contributed by atoms with Crippen LogP contribution < -0.4 is 4.74 Å². The van der Waals surface area contributed by atoms with Gasteiger partial charge in [0.05, 0.1) is 0 Å². The van der Waals surface area contributed by atoms with Crippen LogP contribution in [0.15, 0.2) is 83.0 Å². The monoisotopic (exact) mass is 476 g/mol. The van der Waals surface area contributed by atoms with Crippen molar-refractivity contribution in [2.24, 2.45) is 5.41 Å². The summed E-state index contributed by atoms with van der Waals surface area (Å²) in [5, 5.41) is 0. The van der Waals surface area contributed by atoms with E-state index in [0.29, 0.717) is 12.2 Å². The third kappa shape index (κ3) is 9.94. The molecule has 0 aliphatic heterocycles. The highest BCUT2D eigenvalue weighted by Crippen LogP contribution is 2.40. The van der Waals surface area contributed by atoms with Crippen LogP contribution in [0.3, 0.4) is 0 Å². The van der Waals surface area contributed by atoms with E-state index in [1.165, 1.54) is 36.5 Å². The Labute approximate surface area is 211 Å². The second kappa shape index (κ2) is 13.7. The summed E-state index contributed by atoms with van der Waals surface area (Å²) >= 11 is 0. The molecule has 0 radical (unpaired) electrons. The van der Waals surface area contributed by atoms with Crippen molar-refractivity contribution in [1.29, 1.82) is 0 Å². The summed E-state index contributed by atoms with van der Waals surface area (Å²) in [6, 6.07) is 6.96. The number of carbonyl (C=O) groups is 2. The molecular formula is C31H40O4. The average molecular weight is 477 g/mol. The number of allylic oxidation sites excluding steroid dienone is 9. The van der Waals surface area contributed by atoms with Gasteiger partial charge >= 0.3 is 11.9 Å². The van der Waals surface area contributed by atoms with E-state index in [2.05, 4.69) is 39.8 Å². The molecule has 35 heavy (non-hydrogen) atoms. The molecule has 0 bridgehead atoms. The maximum Gasteiger partial charge on any atom is 0.336 e. The van der Waals surface area contributed by atoms with Crippen molar-refractivity contribution in [2.45, 2.75) is 80.3 Å². The normalized spacial score (nSPS) is 16.7. The van der Waals surface area contributed by atoms with E-state index in [-0.39, 0.29) is 18.0 Å². The van der Waals surface area contributed by atoms with Gasteiger partial charge in [-0.2, -0.15) is 0 Å². The van der Waals surface area contributed by atoms with Gasteiger partial charge in [0.15, 0.2) is 0 Å². The predicted molar refractivity (Wildman–Crippen MR) is 143 cm³/mol. The zero-order chi connectivity index (χ0) is 25.8. The van der Waals surface area contributed by atoms with Crippen molar-refractivity contribution in [3.63, 3.8) is 0 Å². The Morgan fingerprint density at radius 3 is 2.43 bits per heavy atom. The number of hydrogen-bond donors (Lipinski definition) is 0. The topological polar surface area (TPSA) is 52.6 Å². The molecule has 0 N–H and O–H groups in total. The van der Waals surface area contributed by atoms with E-state index in [4.69, 9.17) is 9.47 Å². The lowest BCUT2D eigenvalue weighted by Crippen LogP contribution is -2.19. The third-order valence-electron chi connectivity index (χ3n) is 6.11. The summed E-state index contributed by atoms with van der Waals surface area (Å²) in [7, 11) is 0. The summed E-state index contributed by atoms with van der Waals surface area (Å²) in [5.74, 6) is -0.196. The zero-order valence-electron chi connectivity index (χ0n) is 22.1. The third-order valence-corrected chi connectivity index (χ3v) is 6.11. The standard InChI is InChI=1S/C31H40O4/c1-7-10-29(32)34-22-26-15-17-27(18-16-26)35-30(33)21-24(3)12-8-11-23(2)14-19-28-25(4)13-9-20-31(28,5)6/h8,11-12,14-19,21H,7,9-10,13,20,22H2,1-6H3/b12-8+,19-14+,23-11+,24-21+. The fourth-order valence-electron chi connectivity index (χ4n) is 4.11. The van der Waals surface area contributed by atoms with Crippen molar-refractivity contribution in [3.8, 4) is 5.75 Å². The highest BCUT2D eigenvalue weighted by molar-refractivity contribution is 5.85. The van der Waals surface area contributed by atoms with Gasteiger partial charge < -0.3 is 9.47 Å². The Bertz CT molecular complexity index is 1030. The zero-order valence-corrected chi connectivity index (χ0v) is 22.1. The molecule has 0 amide bonds. The Balaban J connectivity index is 1.88. The van der Waals surface area contributed by atoms with Crippen molar-refractivity contribution < 1.29 is 19.1 Å². The van der Waals surface area contributed by atoms with Gasteiger partial charge in [-0.25, -0.2) is 4.79 Å². The van der Waals surface area contributed by atoms with Crippen LogP contribution >= 0.6 is 0 Å². The number of benzene rings is 1. The predicted octanol–water partition coefficient (Wildman–Crippen LogP) is 7.97. The van der Waals surface area contributed by atoms with Gasteiger partial charge in [-0.15, -0.1) is 0 Å². The number of carbonyl (C=O) groups excluding carboxylic acids is 2. The molecule has 0 unspecified atom stereocenters. The average Bonchev–Trinajstić information content (AvgIpc) is 2.78. The van der Waals surface area contributed by atoms with Crippen LogP contribution in [-0.4, -0.2) is 11.9 Å². The molecule has 0 atom stereocenters. The quantitative estimate of drug-likeness (QED) is 0.149. The highest BCUT2D eigenvalue weighted by Gasteiger charge is 2.26. The summed E-state index contributed by atoms with van der Waals surface area (Å²) in [4.78, 5) is 23.7. The SMILES string of the molecule is CCCC(=O)OCc1ccc(OC(=O)/C=C(C)/C=C/C=C(C)/C=C/C2=C(C)CCCC2(C)C)cc1. The van der Waals surface area contributed by atoms with Gasteiger partial charge in [-0.05, 0) is 80.7 Å².